The first-order valence-corrected chi connectivity index (χ1v) is 50.5. The van der Waals surface area contributed by atoms with E-state index in [4.69, 9.17) is 0 Å². The van der Waals surface area contributed by atoms with E-state index < -0.39 is 0 Å². The van der Waals surface area contributed by atoms with Gasteiger partial charge in [-0.1, -0.05) is 495 Å². The molecule has 0 aromatic heterocycles. The van der Waals surface area contributed by atoms with Crippen LogP contribution in [0.5, 0.6) is 0 Å². The fraction of sp³-hybridized carbons (Fsp3) is 0.312. The second-order valence-corrected chi connectivity index (χ2v) is 27.9. The van der Waals surface area contributed by atoms with Crippen LogP contribution < -0.4 is 0 Å². The zero-order chi connectivity index (χ0) is 94.7. The van der Waals surface area contributed by atoms with Gasteiger partial charge in [-0.3, -0.25) is 0 Å². The first-order chi connectivity index (χ1) is 63.6. The third kappa shape index (κ3) is 22.1. The van der Waals surface area contributed by atoms with Gasteiger partial charge in [0.05, 0.1) is 0 Å². The Labute approximate surface area is 779 Å². The molecule has 0 atom stereocenters. The predicted molar refractivity (Wildman–Crippen MR) is 583 cm³/mol. The fourth-order valence-electron chi connectivity index (χ4n) is 18.6. The number of benzene rings is 16. The van der Waals surface area contributed by atoms with Crippen molar-refractivity contribution in [2.75, 3.05) is 0 Å². The first-order valence-electron chi connectivity index (χ1n) is 50.5. The topological polar surface area (TPSA) is 0 Å². The molecule has 8 aliphatic carbocycles. The molecule has 0 heteroatoms. The van der Waals surface area contributed by atoms with E-state index in [2.05, 4.69) is 291 Å². The van der Waals surface area contributed by atoms with Crippen molar-refractivity contribution in [2.24, 2.45) is 0 Å². The molecule has 24 rings (SSSR count). The molecule has 0 unspecified atom stereocenters. The summed E-state index contributed by atoms with van der Waals surface area (Å²) >= 11 is 0. The standard InChI is InChI=1S/4C24H16.16C2H6/c1-4-8-21-15(5-1)9-10-17-12-19-13-22-18(14-23(19)24(17)21)11-16-6-2-3-7-20(16)22;1-4-8-21-15(5-1)9-10-17-12-19-13-18-11-16-6-2-3-7-20(16)22(18)14-23(19)24(17)21;1-4-8-19-15(5-1)9-10-17-14-23-21(24(17)19)12-11-20-18-7-3-2-6-16(18)13-22(20)23;1-3-7-19-15(5-1)9-10-18-14-22-21(23(18)19)12-11-17-13-16-6-2-4-8-20(16)24(17)22;16*1-2/h2*1-10,13-14H,11-12H2;2*1-12H,13-14H2;16*1-2H3. The molecule has 16 aromatic carbocycles. The minimum Gasteiger partial charge on any atom is -0.0683 e. The summed E-state index contributed by atoms with van der Waals surface area (Å²) in [6, 6.07) is 108. The van der Waals surface area contributed by atoms with E-state index in [0.29, 0.717) is 0 Å². The minimum absolute atomic E-state index is 1.06. The largest absolute Gasteiger partial charge is 0.0683 e. The molecule has 16 aromatic rings. The molecule has 0 fully saturated rings. The maximum Gasteiger partial charge on any atom is -0.000695 e. The molecule has 0 aliphatic heterocycles. The summed E-state index contributed by atoms with van der Waals surface area (Å²) in [7, 11) is 0. The summed E-state index contributed by atoms with van der Waals surface area (Å²) in [5, 5.41) is 10.9. The van der Waals surface area contributed by atoms with E-state index in [1.807, 2.05) is 222 Å². The highest BCUT2D eigenvalue weighted by molar-refractivity contribution is 6.07. The SMILES string of the molecule is CC.CC.CC.CC.CC.CC.CC.CC.CC.CC.CC.CC.CC.CC.CC.CC.c1ccc2c(c1)Cc1c-2ccc2c1Cc1ccc3ccccc3c1-2.c1ccc2c(c1)Cc1cc3c(cc1-2)-c1c(ccc2ccccc12)C3.c1ccc2c(c1)Cc1cc3c(cc1-2)Cc1ccc2ccccc2c1-3.c1ccc2c(c1)Cc1ccc3c(c1-2)Cc1ccc2ccccc2c1-3. The first kappa shape index (κ1) is 107. The lowest BCUT2D eigenvalue weighted by molar-refractivity contribution is 1.16. The lowest BCUT2D eigenvalue weighted by atomic mass is 9.94. The summed E-state index contributed by atoms with van der Waals surface area (Å²) in [6.45, 7) is 64.0. The molecule has 0 N–H and O–H groups in total. The normalized spacial score (nSPS) is 10.9. The fourth-order valence-corrected chi connectivity index (χ4v) is 18.6. The van der Waals surface area contributed by atoms with Crippen LogP contribution in [-0.4, -0.2) is 0 Å². The summed E-state index contributed by atoms with van der Waals surface area (Å²) in [5.41, 5.74) is 47.0. The van der Waals surface area contributed by atoms with Crippen molar-refractivity contribution in [1.29, 1.82) is 0 Å². The maximum atomic E-state index is 2.46. The van der Waals surface area contributed by atoms with E-state index in [1.54, 1.807) is 11.1 Å². The maximum absolute atomic E-state index is 2.46. The second-order valence-electron chi connectivity index (χ2n) is 27.9. The third-order valence-corrected chi connectivity index (χ3v) is 22.8. The van der Waals surface area contributed by atoms with Gasteiger partial charge in [0.1, 0.15) is 0 Å². The van der Waals surface area contributed by atoms with Crippen LogP contribution in [0, 0.1) is 0 Å². The van der Waals surface area contributed by atoms with Gasteiger partial charge in [-0.15, -0.1) is 0 Å². The Bertz CT molecular complexity index is 5980. The van der Waals surface area contributed by atoms with Crippen molar-refractivity contribution >= 4 is 43.1 Å². The smallest absolute Gasteiger partial charge is 0.000695 e. The average Bonchev–Trinajstić information content (AvgIpc) is 1.60. The van der Waals surface area contributed by atoms with Crippen LogP contribution in [0.1, 0.15) is 311 Å². The van der Waals surface area contributed by atoms with Crippen LogP contribution in [-0.2, 0) is 51.4 Å². The number of rotatable bonds is 0. The second kappa shape index (κ2) is 56.0. The molecule has 128 heavy (non-hydrogen) atoms. The van der Waals surface area contributed by atoms with Crippen LogP contribution in [0.25, 0.3) is 132 Å². The van der Waals surface area contributed by atoms with Gasteiger partial charge < -0.3 is 0 Å². The molecule has 0 saturated heterocycles. The summed E-state index contributed by atoms with van der Waals surface area (Å²) in [4.78, 5) is 0. The van der Waals surface area contributed by atoms with Gasteiger partial charge >= 0.3 is 0 Å². The molecule has 0 nitrogen and oxygen atoms in total. The summed E-state index contributed by atoms with van der Waals surface area (Å²) < 4.78 is 0. The molecule has 0 radical (unpaired) electrons. The number of hydrogen-bond donors (Lipinski definition) is 0. The highest BCUT2D eigenvalue weighted by atomic mass is 14.4. The van der Waals surface area contributed by atoms with Crippen molar-refractivity contribution in [3.8, 4) is 89.0 Å². The Kier molecular flexibility index (Phi) is 46.9. The number of fused-ring (bicyclic) bond motifs is 34. The van der Waals surface area contributed by atoms with Gasteiger partial charge in [0.15, 0.2) is 0 Å². The van der Waals surface area contributed by atoms with E-state index in [1.165, 1.54) is 210 Å². The molecular formula is C128H160. The van der Waals surface area contributed by atoms with Gasteiger partial charge in [-0.05, 0) is 291 Å². The van der Waals surface area contributed by atoms with E-state index >= 15 is 0 Å². The highest BCUT2D eigenvalue weighted by Crippen LogP contribution is 2.53. The molecule has 0 saturated carbocycles. The van der Waals surface area contributed by atoms with Crippen molar-refractivity contribution in [3.63, 3.8) is 0 Å². The summed E-state index contributed by atoms with van der Waals surface area (Å²) in [6.07, 6.45) is 8.58. The van der Waals surface area contributed by atoms with Crippen molar-refractivity contribution in [3.05, 3.63) is 380 Å². The van der Waals surface area contributed by atoms with E-state index in [0.717, 1.165) is 51.4 Å². The van der Waals surface area contributed by atoms with E-state index in [9.17, 15) is 0 Å². The monoisotopic (exact) mass is 1700 g/mol. The Morgan fingerprint density at radius 3 is 0.750 bits per heavy atom. The van der Waals surface area contributed by atoms with Crippen LogP contribution >= 0.6 is 0 Å². The Morgan fingerprint density at radius 2 is 0.336 bits per heavy atom. The number of hydrogen-bond acceptors (Lipinski definition) is 0. The van der Waals surface area contributed by atoms with Gasteiger partial charge in [0, 0.05) is 0 Å². The molecule has 0 bridgehead atoms. The predicted octanol–water partition coefficient (Wildman–Crippen LogP) is 40.3. The van der Waals surface area contributed by atoms with Crippen LogP contribution in [0.2, 0.25) is 0 Å². The van der Waals surface area contributed by atoms with E-state index in [-0.39, 0.29) is 0 Å². The van der Waals surface area contributed by atoms with Crippen LogP contribution in [0.15, 0.2) is 291 Å². The van der Waals surface area contributed by atoms with Gasteiger partial charge in [-0.2, -0.15) is 0 Å². The molecule has 0 spiro atoms. The Morgan fingerprint density at radius 1 is 0.117 bits per heavy atom. The Hall–Kier alpha value is -11.4. The highest BCUT2D eigenvalue weighted by Gasteiger charge is 2.33. The summed E-state index contributed by atoms with van der Waals surface area (Å²) in [5.74, 6) is 0. The molecule has 0 heterocycles. The zero-order valence-electron chi connectivity index (χ0n) is 85.4. The molecule has 8 aliphatic rings. The van der Waals surface area contributed by atoms with Crippen LogP contribution in [0.3, 0.4) is 0 Å². The lowest BCUT2D eigenvalue weighted by Crippen LogP contribution is -1.90. The molecule has 672 valence electrons. The minimum atomic E-state index is 1.06. The van der Waals surface area contributed by atoms with Crippen molar-refractivity contribution in [2.45, 2.75) is 273 Å². The van der Waals surface area contributed by atoms with Gasteiger partial charge in [-0.25, -0.2) is 0 Å². The van der Waals surface area contributed by atoms with Crippen molar-refractivity contribution < 1.29 is 0 Å². The quantitative estimate of drug-likeness (QED) is 0.142. The van der Waals surface area contributed by atoms with Gasteiger partial charge in [0.2, 0.25) is 0 Å². The molecular weight excluding hydrogens is 1540 g/mol. The zero-order valence-corrected chi connectivity index (χ0v) is 85.4. The average molecular weight is 1700 g/mol. The third-order valence-electron chi connectivity index (χ3n) is 22.8. The van der Waals surface area contributed by atoms with Crippen molar-refractivity contribution in [1.82, 2.24) is 0 Å². The van der Waals surface area contributed by atoms with Crippen LogP contribution in [0.4, 0.5) is 0 Å². The Balaban J connectivity index is 0.000000273. The van der Waals surface area contributed by atoms with Gasteiger partial charge in [0.25, 0.3) is 0 Å². The lowest BCUT2D eigenvalue weighted by Gasteiger charge is -2.10. The molecule has 0 amide bonds.